The number of pyridine rings is 1. The third-order valence-corrected chi connectivity index (χ3v) is 6.04. The fourth-order valence-corrected chi connectivity index (χ4v) is 5.01. The Balaban J connectivity index is 1.76. The van der Waals surface area contributed by atoms with E-state index >= 15 is 0 Å². The number of hydrogen-bond donors (Lipinski definition) is 2. The van der Waals surface area contributed by atoms with E-state index in [1.54, 1.807) is 12.1 Å². The molecule has 6 rings (SSSR count). The van der Waals surface area contributed by atoms with Gasteiger partial charge in [0.2, 0.25) is 0 Å². The second-order valence-electron chi connectivity index (χ2n) is 7.33. The molecule has 0 saturated heterocycles. The number of hydrogen-bond acceptors (Lipinski definition) is 3. The van der Waals surface area contributed by atoms with E-state index in [1.807, 2.05) is 18.3 Å². The van der Waals surface area contributed by atoms with E-state index in [2.05, 4.69) is 22.3 Å². The number of rotatable bonds is 1. The molecular weight excluding hydrogens is 310 g/mol. The topological polar surface area (TPSA) is 61.8 Å². The molecule has 1 fully saturated rings. The van der Waals surface area contributed by atoms with Crippen molar-refractivity contribution in [1.82, 2.24) is 15.2 Å². The summed E-state index contributed by atoms with van der Waals surface area (Å²) in [6.45, 7) is 0. The summed E-state index contributed by atoms with van der Waals surface area (Å²) in [7, 11) is 0. The standard InChI is InChI=1S/C21H17N3O/c25-14-5-3-11(4-6-14)21-19-13-2-1-12(9-13)18(19)20-15-10-22-24-16(15)7-8-17(20)23-21/h3-8,10,12-13,25H,1-2,9H2,(H,22,24). The number of phenols is 1. The highest BCUT2D eigenvalue weighted by molar-refractivity contribution is 6.08. The first-order valence-electron chi connectivity index (χ1n) is 8.88. The van der Waals surface area contributed by atoms with Crippen LogP contribution in [0.2, 0.25) is 0 Å². The van der Waals surface area contributed by atoms with Crippen LogP contribution in [0.5, 0.6) is 5.75 Å². The molecule has 4 aromatic rings. The van der Waals surface area contributed by atoms with Crippen LogP contribution in [0.1, 0.15) is 42.2 Å². The van der Waals surface area contributed by atoms with E-state index in [4.69, 9.17) is 4.98 Å². The third-order valence-electron chi connectivity index (χ3n) is 6.04. The Morgan fingerprint density at radius 3 is 2.60 bits per heavy atom. The lowest BCUT2D eigenvalue weighted by atomic mass is 9.85. The van der Waals surface area contributed by atoms with Gasteiger partial charge in [0.05, 0.1) is 22.9 Å². The van der Waals surface area contributed by atoms with Crippen molar-refractivity contribution in [3.05, 3.63) is 53.7 Å². The van der Waals surface area contributed by atoms with Gasteiger partial charge in [-0.2, -0.15) is 5.10 Å². The van der Waals surface area contributed by atoms with Crippen molar-refractivity contribution in [3.8, 4) is 17.0 Å². The summed E-state index contributed by atoms with van der Waals surface area (Å²) in [5.74, 6) is 1.55. The first kappa shape index (κ1) is 13.4. The molecule has 2 unspecified atom stereocenters. The highest BCUT2D eigenvalue weighted by Crippen LogP contribution is 2.57. The summed E-state index contributed by atoms with van der Waals surface area (Å²) in [5.41, 5.74) is 7.24. The van der Waals surface area contributed by atoms with Crippen LogP contribution in [0.4, 0.5) is 0 Å². The summed E-state index contributed by atoms with van der Waals surface area (Å²) in [4.78, 5) is 5.07. The SMILES string of the molecule is Oc1ccc(-c2nc3ccc4[nH]ncc4c3c3c2C2CCC3C2)cc1. The van der Waals surface area contributed by atoms with Crippen LogP contribution >= 0.6 is 0 Å². The van der Waals surface area contributed by atoms with Crippen LogP contribution in [-0.4, -0.2) is 20.3 Å². The Kier molecular flexibility index (Phi) is 2.47. The quantitative estimate of drug-likeness (QED) is 0.525. The van der Waals surface area contributed by atoms with Gasteiger partial charge in [-0.05, 0) is 78.6 Å². The third kappa shape index (κ3) is 1.71. The maximum atomic E-state index is 9.64. The zero-order valence-electron chi connectivity index (χ0n) is 13.7. The van der Waals surface area contributed by atoms with Crippen molar-refractivity contribution in [1.29, 1.82) is 0 Å². The van der Waals surface area contributed by atoms with Crippen LogP contribution < -0.4 is 0 Å². The average Bonchev–Trinajstić information content (AvgIpc) is 3.37. The molecule has 1 saturated carbocycles. The Bertz CT molecular complexity index is 1140. The molecule has 2 aliphatic carbocycles. The maximum Gasteiger partial charge on any atom is 0.115 e. The second-order valence-corrected chi connectivity index (χ2v) is 7.33. The zero-order valence-corrected chi connectivity index (χ0v) is 13.7. The van der Waals surface area contributed by atoms with Gasteiger partial charge in [0, 0.05) is 16.3 Å². The molecule has 0 amide bonds. The van der Waals surface area contributed by atoms with E-state index in [0.29, 0.717) is 17.6 Å². The molecule has 0 spiro atoms. The van der Waals surface area contributed by atoms with Gasteiger partial charge in [-0.15, -0.1) is 0 Å². The Morgan fingerprint density at radius 1 is 0.960 bits per heavy atom. The van der Waals surface area contributed by atoms with Crippen LogP contribution in [0.25, 0.3) is 33.1 Å². The normalized spacial score (nSPS) is 21.3. The minimum absolute atomic E-state index is 0.294. The van der Waals surface area contributed by atoms with Crippen molar-refractivity contribution < 1.29 is 5.11 Å². The molecule has 4 heteroatoms. The minimum atomic E-state index is 0.294. The number of aromatic hydroxyl groups is 1. The van der Waals surface area contributed by atoms with Crippen molar-refractivity contribution in [2.24, 2.45) is 0 Å². The Morgan fingerprint density at radius 2 is 1.76 bits per heavy atom. The van der Waals surface area contributed by atoms with Gasteiger partial charge in [-0.1, -0.05) is 0 Å². The first-order chi connectivity index (χ1) is 12.3. The highest BCUT2D eigenvalue weighted by atomic mass is 16.3. The fourth-order valence-electron chi connectivity index (χ4n) is 5.01. The van der Waals surface area contributed by atoms with Crippen LogP contribution in [0.3, 0.4) is 0 Å². The first-order valence-corrected chi connectivity index (χ1v) is 8.88. The predicted molar refractivity (Wildman–Crippen MR) is 97.8 cm³/mol. The van der Waals surface area contributed by atoms with Crippen molar-refractivity contribution in [2.75, 3.05) is 0 Å². The van der Waals surface area contributed by atoms with Gasteiger partial charge in [-0.3, -0.25) is 5.10 Å². The monoisotopic (exact) mass is 327 g/mol. The molecule has 2 aliphatic rings. The summed E-state index contributed by atoms with van der Waals surface area (Å²) >= 11 is 0. The van der Waals surface area contributed by atoms with Crippen LogP contribution in [0.15, 0.2) is 42.6 Å². The number of phenolic OH excluding ortho intramolecular Hbond substituents is 1. The zero-order chi connectivity index (χ0) is 16.5. The molecule has 4 nitrogen and oxygen atoms in total. The number of aromatic amines is 1. The van der Waals surface area contributed by atoms with Crippen LogP contribution in [-0.2, 0) is 0 Å². The van der Waals surface area contributed by atoms with E-state index in [9.17, 15) is 5.11 Å². The van der Waals surface area contributed by atoms with E-state index in [0.717, 1.165) is 22.3 Å². The number of benzene rings is 2. The molecule has 2 aromatic carbocycles. The van der Waals surface area contributed by atoms with E-state index in [1.165, 1.54) is 41.2 Å². The molecule has 2 aromatic heterocycles. The van der Waals surface area contributed by atoms with Gasteiger partial charge in [-0.25, -0.2) is 4.98 Å². The Hall–Kier alpha value is -2.88. The van der Waals surface area contributed by atoms with E-state index in [-0.39, 0.29) is 0 Å². The van der Waals surface area contributed by atoms with Gasteiger partial charge in [0.15, 0.2) is 0 Å². The smallest absolute Gasteiger partial charge is 0.115 e. The maximum absolute atomic E-state index is 9.64. The van der Waals surface area contributed by atoms with Crippen molar-refractivity contribution in [3.63, 3.8) is 0 Å². The average molecular weight is 327 g/mol. The lowest BCUT2D eigenvalue weighted by Gasteiger charge is -2.21. The largest absolute Gasteiger partial charge is 0.508 e. The summed E-state index contributed by atoms with van der Waals surface area (Å²) in [6, 6.07) is 11.6. The second kappa shape index (κ2) is 4.60. The minimum Gasteiger partial charge on any atom is -0.508 e. The summed E-state index contributed by atoms with van der Waals surface area (Å²) < 4.78 is 0. The van der Waals surface area contributed by atoms with Crippen LogP contribution in [0, 0.1) is 0 Å². The number of fused-ring (bicyclic) bond motifs is 9. The molecule has 25 heavy (non-hydrogen) atoms. The lowest BCUT2D eigenvalue weighted by molar-refractivity contribution is 0.475. The van der Waals surface area contributed by atoms with Gasteiger partial charge in [0.1, 0.15) is 5.75 Å². The van der Waals surface area contributed by atoms with Gasteiger partial charge in [0.25, 0.3) is 0 Å². The number of aromatic nitrogens is 3. The van der Waals surface area contributed by atoms with Gasteiger partial charge >= 0.3 is 0 Å². The van der Waals surface area contributed by atoms with E-state index < -0.39 is 0 Å². The molecular formula is C21H17N3O. The van der Waals surface area contributed by atoms with Crippen molar-refractivity contribution >= 4 is 21.8 Å². The Labute approximate surface area is 144 Å². The molecule has 0 aliphatic heterocycles. The predicted octanol–water partition coefficient (Wildman–Crippen LogP) is 4.85. The molecule has 2 atom stereocenters. The fraction of sp³-hybridized carbons (Fsp3) is 0.238. The van der Waals surface area contributed by atoms with Gasteiger partial charge < -0.3 is 5.11 Å². The molecule has 122 valence electrons. The lowest BCUT2D eigenvalue weighted by Crippen LogP contribution is -2.04. The number of nitrogens with zero attached hydrogens (tertiary/aromatic N) is 2. The van der Waals surface area contributed by atoms with Crippen molar-refractivity contribution in [2.45, 2.75) is 31.1 Å². The highest BCUT2D eigenvalue weighted by Gasteiger charge is 2.41. The molecule has 2 N–H and O–H groups in total. The molecule has 2 bridgehead atoms. The summed E-state index contributed by atoms with van der Waals surface area (Å²) in [6.07, 6.45) is 5.72. The molecule has 2 heterocycles. The molecule has 0 radical (unpaired) electrons. The number of H-pyrrole nitrogens is 1. The number of nitrogens with one attached hydrogen (secondary N) is 1. The summed E-state index contributed by atoms with van der Waals surface area (Å²) in [5, 5.41) is 19.5.